The quantitative estimate of drug-likeness (QED) is 0.617. The van der Waals surface area contributed by atoms with Gasteiger partial charge in [-0.15, -0.1) is 0 Å². The van der Waals surface area contributed by atoms with Gasteiger partial charge in [0.25, 0.3) is 0 Å². The summed E-state index contributed by atoms with van der Waals surface area (Å²) in [5, 5.41) is 6.48. The molecule has 1 aromatic carbocycles. The van der Waals surface area contributed by atoms with Crippen LogP contribution in [0.15, 0.2) is 24.3 Å². The number of nitrogens with one attached hydrogen (secondary N) is 2. The molecule has 2 bridgehead atoms. The summed E-state index contributed by atoms with van der Waals surface area (Å²) in [6, 6.07) is 8.14. The standard InChI is InChI=1S/C25H34FN5O.H3N/c1-16-28-24-15-27-10-8-25(24)31(16)22-13-20-6-7-21(14-22)30(20)11-9-23(29-17(2)32)18-4-3-5-19(26)12-18;/h3-5,12,20-23,27H,6-11,13-15H2,1-2H3,(H,29,32);1H3/t20-,21+,22+,23-;/m0./s1. The predicted molar refractivity (Wildman–Crippen MR) is 127 cm³/mol. The van der Waals surface area contributed by atoms with Gasteiger partial charge >= 0.3 is 0 Å². The molecule has 5 N–H and O–H groups in total. The van der Waals surface area contributed by atoms with E-state index in [1.165, 1.54) is 50.1 Å². The van der Waals surface area contributed by atoms with Crippen LogP contribution in [-0.2, 0) is 17.8 Å². The van der Waals surface area contributed by atoms with Crippen LogP contribution in [0.2, 0.25) is 0 Å². The van der Waals surface area contributed by atoms with Gasteiger partial charge in [0, 0.05) is 56.8 Å². The number of hydrogen-bond acceptors (Lipinski definition) is 5. The molecule has 4 heterocycles. The maximum atomic E-state index is 13.8. The number of aryl methyl sites for hydroxylation is 1. The van der Waals surface area contributed by atoms with Crippen molar-refractivity contribution in [2.24, 2.45) is 0 Å². The summed E-state index contributed by atoms with van der Waals surface area (Å²) in [5.74, 6) is 0.831. The molecule has 0 saturated carbocycles. The first-order valence-corrected chi connectivity index (χ1v) is 12.0. The van der Waals surface area contributed by atoms with Gasteiger partial charge in [0.15, 0.2) is 0 Å². The Morgan fingerprint density at radius 3 is 2.73 bits per heavy atom. The highest BCUT2D eigenvalue weighted by Gasteiger charge is 2.42. The lowest BCUT2D eigenvalue weighted by Crippen LogP contribution is -2.45. The van der Waals surface area contributed by atoms with Crippen LogP contribution in [0, 0.1) is 12.7 Å². The molecule has 4 atom stereocenters. The Kier molecular flexibility index (Phi) is 7.16. The van der Waals surface area contributed by atoms with Gasteiger partial charge in [-0.1, -0.05) is 12.1 Å². The van der Waals surface area contributed by atoms with Crippen molar-refractivity contribution in [3.63, 3.8) is 0 Å². The Morgan fingerprint density at radius 1 is 1.27 bits per heavy atom. The fraction of sp³-hybridized carbons (Fsp3) is 0.600. The van der Waals surface area contributed by atoms with E-state index in [1.54, 1.807) is 12.1 Å². The molecular formula is C25H37FN6O. The van der Waals surface area contributed by atoms with Crippen molar-refractivity contribution in [1.82, 2.24) is 31.2 Å². The number of imidazole rings is 1. The zero-order chi connectivity index (χ0) is 22.2. The van der Waals surface area contributed by atoms with Gasteiger partial charge in [0.2, 0.25) is 5.91 Å². The zero-order valence-corrected chi connectivity index (χ0v) is 19.8. The third-order valence-electron chi connectivity index (χ3n) is 7.63. The number of amides is 1. The summed E-state index contributed by atoms with van der Waals surface area (Å²) >= 11 is 0. The number of carbonyl (C=O) groups is 1. The Hall–Kier alpha value is -2.29. The molecule has 0 unspecified atom stereocenters. The molecule has 5 rings (SSSR count). The van der Waals surface area contributed by atoms with Crippen LogP contribution in [0.3, 0.4) is 0 Å². The lowest BCUT2D eigenvalue weighted by atomic mass is 9.95. The number of hydrogen-bond donors (Lipinski definition) is 3. The van der Waals surface area contributed by atoms with E-state index in [0.29, 0.717) is 18.1 Å². The van der Waals surface area contributed by atoms with Gasteiger partial charge in [-0.25, -0.2) is 9.37 Å². The number of rotatable bonds is 6. The van der Waals surface area contributed by atoms with Crippen LogP contribution in [0.1, 0.15) is 73.9 Å². The minimum atomic E-state index is -0.257. The molecule has 2 aromatic rings. The highest BCUT2D eigenvalue weighted by atomic mass is 19.1. The lowest BCUT2D eigenvalue weighted by Gasteiger charge is -2.41. The lowest BCUT2D eigenvalue weighted by molar-refractivity contribution is -0.119. The molecule has 1 amide bonds. The molecule has 1 aromatic heterocycles. The van der Waals surface area contributed by atoms with E-state index >= 15 is 0 Å². The number of benzene rings is 1. The van der Waals surface area contributed by atoms with E-state index in [-0.39, 0.29) is 23.9 Å². The van der Waals surface area contributed by atoms with Crippen LogP contribution >= 0.6 is 0 Å². The maximum absolute atomic E-state index is 13.8. The Labute approximate surface area is 195 Å². The van der Waals surface area contributed by atoms with Crippen molar-refractivity contribution in [2.45, 2.75) is 83.1 Å². The summed E-state index contributed by atoms with van der Waals surface area (Å²) in [4.78, 5) is 19.3. The van der Waals surface area contributed by atoms with Gasteiger partial charge in [-0.2, -0.15) is 0 Å². The summed E-state index contributed by atoms with van der Waals surface area (Å²) in [6.07, 6.45) is 6.67. The van der Waals surface area contributed by atoms with Crippen molar-refractivity contribution in [3.8, 4) is 0 Å². The molecule has 0 radical (unpaired) electrons. The largest absolute Gasteiger partial charge is 0.349 e. The number of halogens is 1. The number of fused-ring (bicyclic) bond motifs is 3. The Bertz CT molecular complexity index is 977. The van der Waals surface area contributed by atoms with Crippen LogP contribution < -0.4 is 16.8 Å². The number of nitrogens with zero attached hydrogens (tertiary/aromatic N) is 3. The van der Waals surface area contributed by atoms with Gasteiger partial charge in [-0.05, 0) is 56.7 Å². The van der Waals surface area contributed by atoms with E-state index in [9.17, 15) is 9.18 Å². The monoisotopic (exact) mass is 456 g/mol. The second-order valence-corrected chi connectivity index (χ2v) is 9.69. The molecule has 0 aliphatic carbocycles. The van der Waals surface area contributed by atoms with Gasteiger partial charge in [-0.3, -0.25) is 9.69 Å². The first-order chi connectivity index (χ1) is 15.5. The molecule has 3 aliphatic heterocycles. The summed E-state index contributed by atoms with van der Waals surface area (Å²) < 4.78 is 16.3. The molecule has 180 valence electrons. The number of aromatic nitrogens is 2. The van der Waals surface area contributed by atoms with Crippen LogP contribution in [0.4, 0.5) is 4.39 Å². The third-order valence-corrected chi connectivity index (χ3v) is 7.63. The minimum Gasteiger partial charge on any atom is -0.349 e. The second-order valence-electron chi connectivity index (χ2n) is 9.69. The molecule has 3 aliphatic rings. The molecular weight excluding hydrogens is 419 g/mol. The summed E-state index contributed by atoms with van der Waals surface area (Å²) in [5.41, 5.74) is 3.52. The van der Waals surface area contributed by atoms with E-state index in [0.717, 1.165) is 43.9 Å². The SMILES string of the molecule is CC(=O)N[C@@H](CCN1[C@@H]2CC[C@H]1C[C@@H](n1c(C)nc3c1CCNC3)C2)c1cccc(F)c1.N. The molecule has 0 spiro atoms. The van der Waals surface area contributed by atoms with Crippen LogP contribution in [0.25, 0.3) is 0 Å². The van der Waals surface area contributed by atoms with E-state index in [2.05, 4.69) is 27.0 Å². The highest BCUT2D eigenvalue weighted by molar-refractivity contribution is 5.73. The topological polar surface area (TPSA) is 97.2 Å². The highest BCUT2D eigenvalue weighted by Crippen LogP contribution is 2.42. The van der Waals surface area contributed by atoms with Gasteiger partial charge < -0.3 is 21.4 Å². The first kappa shape index (κ1) is 23.9. The molecule has 2 saturated heterocycles. The van der Waals surface area contributed by atoms with Crippen molar-refractivity contribution in [1.29, 1.82) is 0 Å². The second kappa shape index (κ2) is 9.91. The predicted octanol–water partition coefficient (Wildman–Crippen LogP) is 3.57. The molecule has 7 nitrogen and oxygen atoms in total. The van der Waals surface area contributed by atoms with Crippen LogP contribution in [-0.4, -0.2) is 45.5 Å². The number of piperidine rings is 1. The first-order valence-electron chi connectivity index (χ1n) is 12.0. The molecule has 2 fully saturated rings. The van der Waals surface area contributed by atoms with Gasteiger partial charge in [0.05, 0.1) is 11.7 Å². The van der Waals surface area contributed by atoms with E-state index < -0.39 is 0 Å². The van der Waals surface area contributed by atoms with E-state index in [1.807, 2.05) is 6.07 Å². The normalized spacial score (nSPS) is 25.2. The molecule has 33 heavy (non-hydrogen) atoms. The van der Waals surface area contributed by atoms with Crippen molar-refractivity contribution < 1.29 is 9.18 Å². The maximum Gasteiger partial charge on any atom is 0.217 e. The summed E-state index contributed by atoms with van der Waals surface area (Å²) in [7, 11) is 0. The average molecular weight is 457 g/mol. The van der Waals surface area contributed by atoms with Crippen molar-refractivity contribution >= 4 is 5.91 Å². The fourth-order valence-electron chi connectivity index (χ4n) is 6.34. The average Bonchev–Trinajstić information content (AvgIpc) is 3.22. The van der Waals surface area contributed by atoms with E-state index in [4.69, 9.17) is 4.98 Å². The van der Waals surface area contributed by atoms with Crippen molar-refractivity contribution in [2.75, 3.05) is 13.1 Å². The Morgan fingerprint density at radius 2 is 2.03 bits per heavy atom. The van der Waals surface area contributed by atoms with Crippen molar-refractivity contribution in [3.05, 3.63) is 52.9 Å². The van der Waals surface area contributed by atoms with Crippen LogP contribution in [0.5, 0.6) is 0 Å². The smallest absolute Gasteiger partial charge is 0.217 e. The third kappa shape index (κ3) is 4.83. The zero-order valence-electron chi connectivity index (χ0n) is 19.8. The molecule has 8 heteroatoms. The summed E-state index contributed by atoms with van der Waals surface area (Å²) in [6.45, 7) is 6.54. The Balaban J connectivity index is 0.00000259. The fourth-order valence-corrected chi connectivity index (χ4v) is 6.34. The minimum absolute atomic E-state index is 0. The number of carbonyl (C=O) groups excluding carboxylic acids is 1. The van der Waals surface area contributed by atoms with Gasteiger partial charge in [0.1, 0.15) is 11.6 Å².